The molecule has 1 aromatic carbocycles. The number of hydroxylamine groups is 1. The quantitative estimate of drug-likeness (QED) is 0.120. The molecule has 4 atom stereocenters. The number of imidazole rings is 1. The molecule has 2 fully saturated rings. The van der Waals surface area contributed by atoms with E-state index in [1.807, 2.05) is 44.2 Å². The van der Waals surface area contributed by atoms with E-state index in [4.69, 9.17) is 15.4 Å². The van der Waals surface area contributed by atoms with Crippen molar-refractivity contribution in [2.75, 3.05) is 6.61 Å². The minimum absolute atomic E-state index is 0.0134. The van der Waals surface area contributed by atoms with Crippen molar-refractivity contribution < 1.29 is 24.0 Å². The summed E-state index contributed by atoms with van der Waals surface area (Å²) < 4.78 is 5.71. The number of hydrazine groups is 1. The number of Topliss-reactive ketones (excluding diaryl/α,β-unsaturated/α-hetero) is 1. The van der Waals surface area contributed by atoms with E-state index in [2.05, 4.69) is 20.9 Å². The van der Waals surface area contributed by atoms with Gasteiger partial charge in [-0.15, -0.1) is 0 Å². The largest absolute Gasteiger partial charge is 0.350 e. The lowest BCUT2D eigenvalue weighted by molar-refractivity contribution is -0.205. The predicted molar refractivity (Wildman–Crippen MR) is 167 cm³/mol. The maximum Gasteiger partial charge on any atom is 0.248 e. The first-order chi connectivity index (χ1) is 21.3. The van der Waals surface area contributed by atoms with E-state index in [9.17, 15) is 14.4 Å². The van der Waals surface area contributed by atoms with Crippen LogP contribution < -0.4 is 16.7 Å². The number of hydrogen-bond acceptors (Lipinski definition) is 7. The van der Waals surface area contributed by atoms with Crippen molar-refractivity contribution in [1.29, 1.82) is 0 Å². The maximum atomic E-state index is 14.9. The van der Waals surface area contributed by atoms with Gasteiger partial charge in [-0.1, -0.05) is 76.3 Å². The van der Waals surface area contributed by atoms with Crippen LogP contribution in [0.15, 0.2) is 42.7 Å². The fraction of sp³-hybridized carbons (Fsp3) is 0.647. The summed E-state index contributed by atoms with van der Waals surface area (Å²) in [5.41, 5.74) is 4.68. The number of carbonyl (C=O) groups excluding carboxylic acids is 3. The first-order valence-electron chi connectivity index (χ1n) is 16.5. The summed E-state index contributed by atoms with van der Waals surface area (Å²) >= 11 is 0. The third kappa shape index (κ3) is 9.22. The minimum Gasteiger partial charge on any atom is -0.350 e. The molecule has 1 aromatic heterocycles. The highest BCUT2D eigenvalue weighted by atomic mass is 16.8. The summed E-state index contributed by atoms with van der Waals surface area (Å²) in [5, 5.41) is 0. The number of aromatic nitrogens is 2. The van der Waals surface area contributed by atoms with Crippen LogP contribution in [0.2, 0.25) is 0 Å². The Morgan fingerprint density at radius 3 is 2.45 bits per heavy atom. The van der Waals surface area contributed by atoms with Gasteiger partial charge in [0, 0.05) is 30.8 Å². The van der Waals surface area contributed by atoms with Gasteiger partial charge in [-0.25, -0.2) is 21.1 Å². The second-order valence-corrected chi connectivity index (χ2v) is 13.1. The Kier molecular flexibility index (Phi) is 12.9. The molecule has 0 radical (unpaired) electrons. The number of aromatic amines is 1. The van der Waals surface area contributed by atoms with Crippen LogP contribution in [0.5, 0.6) is 0 Å². The van der Waals surface area contributed by atoms with Crippen molar-refractivity contribution in [2.45, 2.75) is 104 Å². The van der Waals surface area contributed by atoms with E-state index >= 15 is 0 Å². The number of nitrogens with zero attached hydrogens (tertiary/aromatic N) is 1. The average molecular weight is 610 g/mol. The van der Waals surface area contributed by atoms with Gasteiger partial charge in [0.1, 0.15) is 11.6 Å². The fourth-order valence-electron chi connectivity index (χ4n) is 7.21. The lowest BCUT2D eigenvalue weighted by Crippen LogP contribution is -2.56. The topological polar surface area (TPSA) is 148 Å². The summed E-state index contributed by atoms with van der Waals surface area (Å²) in [7, 11) is 0. The number of nitrogens with two attached hydrogens (primary N) is 1. The van der Waals surface area contributed by atoms with Crippen LogP contribution in [-0.4, -0.2) is 40.5 Å². The van der Waals surface area contributed by atoms with Crippen LogP contribution in [0.4, 0.5) is 0 Å². The van der Waals surface area contributed by atoms with Crippen molar-refractivity contribution in [1.82, 2.24) is 20.9 Å². The first-order valence-corrected chi connectivity index (χ1v) is 16.5. The third-order valence-electron chi connectivity index (χ3n) is 9.44. The highest BCUT2D eigenvalue weighted by Crippen LogP contribution is 2.46. The number of nitrogens with one attached hydrogen (secondary N) is 3. The summed E-state index contributed by atoms with van der Waals surface area (Å²) in [6, 6.07) is 9.78. The number of amides is 2. The second-order valence-electron chi connectivity index (χ2n) is 13.1. The Labute approximate surface area is 261 Å². The Morgan fingerprint density at radius 2 is 1.82 bits per heavy atom. The van der Waals surface area contributed by atoms with Crippen LogP contribution >= 0.6 is 0 Å². The summed E-state index contributed by atoms with van der Waals surface area (Å²) in [5.74, 6) is 3.80. The lowest BCUT2D eigenvalue weighted by Gasteiger charge is -2.43. The van der Waals surface area contributed by atoms with Crippen molar-refractivity contribution >= 4 is 17.6 Å². The van der Waals surface area contributed by atoms with E-state index in [1.165, 1.54) is 19.3 Å². The maximum absolute atomic E-state index is 14.9. The Bertz CT molecular complexity index is 1160. The van der Waals surface area contributed by atoms with Crippen LogP contribution in [0.1, 0.15) is 95.9 Å². The zero-order chi connectivity index (χ0) is 31.4. The zero-order valence-corrected chi connectivity index (χ0v) is 26.4. The number of ether oxygens (including phenoxy) is 1. The number of benzene rings is 1. The second kappa shape index (κ2) is 16.8. The molecule has 1 saturated heterocycles. The standard InChI is InChI=1S/C34H51N5O5/c1-24(2)21-27(32(41)38-35)31(33(42)39-44-30-15-9-10-20-43-30)34(23-26-13-7-4-8-14-26,17-16-25-11-5-3-6-12-25)28(40)22-29-36-18-19-37-29/h4,7-8,13-14,18-19,24-25,27,30-31H,3,5-6,9-12,15-17,20-23,35H2,1-2H3,(H,36,37)(H,38,41)(H,39,42)/t27-,30?,31-,34?/m1/s1. The van der Waals surface area contributed by atoms with E-state index < -0.39 is 35.4 Å². The highest BCUT2D eigenvalue weighted by Gasteiger charge is 2.53. The molecule has 2 aliphatic rings. The van der Waals surface area contributed by atoms with E-state index in [1.54, 1.807) is 12.4 Å². The van der Waals surface area contributed by atoms with E-state index in [0.29, 0.717) is 44.0 Å². The van der Waals surface area contributed by atoms with Crippen molar-refractivity contribution in [3.8, 4) is 0 Å². The molecule has 0 spiro atoms. The zero-order valence-electron chi connectivity index (χ0n) is 26.4. The van der Waals surface area contributed by atoms with Gasteiger partial charge in [0.15, 0.2) is 6.29 Å². The summed E-state index contributed by atoms with van der Waals surface area (Å²) in [4.78, 5) is 56.3. The van der Waals surface area contributed by atoms with Gasteiger partial charge in [0.05, 0.1) is 18.3 Å². The lowest BCUT2D eigenvalue weighted by atomic mass is 9.58. The molecule has 2 heterocycles. The van der Waals surface area contributed by atoms with Crippen LogP contribution in [-0.2, 0) is 36.8 Å². The molecule has 2 unspecified atom stereocenters. The Balaban J connectivity index is 1.82. The molecule has 0 bridgehead atoms. The molecule has 242 valence electrons. The minimum atomic E-state index is -1.24. The molecular formula is C34H51N5O5. The highest BCUT2D eigenvalue weighted by molar-refractivity contribution is 5.96. The molecule has 1 saturated carbocycles. The molecule has 4 rings (SSSR count). The average Bonchev–Trinajstić information content (AvgIpc) is 3.56. The van der Waals surface area contributed by atoms with Crippen molar-refractivity contribution in [2.24, 2.45) is 34.9 Å². The fourth-order valence-corrected chi connectivity index (χ4v) is 7.21. The Morgan fingerprint density at radius 1 is 1.07 bits per heavy atom. The van der Waals surface area contributed by atoms with Gasteiger partial charge in [-0.3, -0.25) is 19.8 Å². The molecule has 10 nitrogen and oxygen atoms in total. The molecule has 44 heavy (non-hydrogen) atoms. The number of H-pyrrole nitrogens is 1. The van der Waals surface area contributed by atoms with Gasteiger partial charge in [0.25, 0.3) is 0 Å². The molecular weight excluding hydrogens is 558 g/mol. The molecule has 1 aliphatic heterocycles. The monoisotopic (exact) mass is 609 g/mol. The van der Waals surface area contributed by atoms with Crippen LogP contribution in [0, 0.1) is 29.1 Å². The normalized spacial score (nSPS) is 20.4. The Hall–Kier alpha value is -3.08. The van der Waals surface area contributed by atoms with E-state index in [0.717, 1.165) is 37.7 Å². The van der Waals surface area contributed by atoms with Gasteiger partial charge in [0.2, 0.25) is 11.8 Å². The SMILES string of the molecule is CC(C)C[C@@H](C(=O)NN)[C@H](C(=O)NOC1CCCCO1)C(CCC1CCCCC1)(Cc1ccccc1)C(=O)Cc1ncc[nH]1. The molecule has 1 aliphatic carbocycles. The predicted octanol–water partition coefficient (Wildman–Crippen LogP) is 4.95. The number of rotatable bonds is 16. The van der Waals surface area contributed by atoms with Crippen LogP contribution in [0.25, 0.3) is 0 Å². The van der Waals surface area contributed by atoms with E-state index in [-0.39, 0.29) is 18.1 Å². The summed E-state index contributed by atoms with van der Waals surface area (Å²) in [6.07, 6.45) is 12.9. The number of hydrogen-bond donors (Lipinski definition) is 4. The molecule has 2 amide bonds. The van der Waals surface area contributed by atoms with Crippen molar-refractivity contribution in [3.05, 3.63) is 54.1 Å². The molecule has 2 aromatic rings. The number of carbonyl (C=O) groups is 3. The first kappa shape index (κ1) is 33.8. The van der Waals surface area contributed by atoms with Gasteiger partial charge < -0.3 is 9.72 Å². The van der Waals surface area contributed by atoms with Crippen molar-refractivity contribution in [3.63, 3.8) is 0 Å². The van der Waals surface area contributed by atoms with Crippen LogP contribution in [0.3, 0.4) is 0 Å². The third-order valence-corrected chi connectivity index (χ3v) is 9.44. The van der Waals surface area contributed by atoms with Gasteiger partial charge in [-0.2, -0.15) is 0 Å². The van der Waals surface area contributed by atoms with Gasteiger partial charge >= 0.3 is 0 Å². The molecule has 10 heteroatoms. The summed E-state index contributed by atoms with van der Waals surface area (Å²) in [6.45, 7) is 4.56. The molecule has 5 N–H and O–H groups in total. The smallest absolute Gasteiger partial charge is 0.248 e. The number of ketones is 1. The van der Waals surface area contributed by atoms with Gasteiger partial charge in [-0.05, 0) is 55.9 Å².